The van der Waals surface area contributed by atoms with Crippen LogP contribution in [0.3, 0.4) is 0 Å². The predicted octanol–water partition coefficient (Wildman–Crippen LogP) is 1.35. The molecule has 1 heterocycles. The highest BCUT2D eigenvalue weighted by Gasteiger charge is 2.32. The molecule has 18 heavy (non-hydrogen) atoms. The van der Waals surface area contributed by atoms with Crippen molar-refractivity contribution in [1.29, 1.82) is 0 Å². The van der Waals surface area contributed by atoms with E-state index in [4.69, 9.17) is 5.73 Å². The molecule has 0 bridgehead atoms. The first-order valence-corrected chi connectivity index (χ1v) is 7.24. The molecule has 3 N–H and O–H groups in total. The Morgan fingerprint density at radius 3 is 2.56 bits per heavy atom. The van der Waals surface area contributed by atoms with Gasteiger partial charge in [-0.2, -0.15) is 0 Å². The minimum Gasteiger partial charge on any atom is -0.355 e. The molecule has 1 saturated heterocycles. The van der Waals surface area contributed by atoms with Crippen LogP contribution in [0.1, 0.15) is 46.5 Å². The molecule has 0 aromatic carbocycles. The number of hydrogen-bond donors (Lipinski definition) is 2. The second-order valence-electron chi connectivity index (χ2n) is 5.87. The molecule has 1 aliphatic rings. The summed E-state index contributed by atoms with van der Waals surface area (Å²) in [6.45, 7) is 9.90. The number of likely N-dealkylation sites (tertiary alicyclic amines) is 1. The zero-order chi connectivity index (χ0) is 13.6. The molecule has 4 heteroatoms. The van der Waals surface area contributed by atoms with Crippen LogP contribution >= 0.6 is 0 Å². The van der Waals surface area contributed by atoms with Crippen LogP contribution in [0.15, 0.2) is 0 Å². The summed E-state index contributed by atoms with van der Waals surface area (Å²) < 4.78 is 0. The summed E-state index contributed by atoms with van der Waals surface area (Å²) in [5, 5.41) is 3.01. The van der Waals surface area contributed by atoms with Gasteiger partial charge in [0.2, 0.25) is 5.91 Å². The first-order chi connectivity index (χ1) is 8.52. The van der Waals surface area contributed by atoms with Gasteiger partial charge in [-0.05, 0) is 51.2 Å². The monoisotopic (exact) mass is 255 g/mol. The van der Waals surface area contributed by atoms with Gasteiger partial charge in [0.15, 0.2) is 0 Å². The number of nitrogens with zero attached hydrogens (tertiary/aromatic N) is 1. The van der Waals surface area contributed by atoms with Gasteiger partial charge in [0.05, 0.1) is 6.04 Å². The number of unbranched alkanes of at least 4 members (excludes halogenated alkanes) is 1. The first-order valence-electron chi connectivity index (χ1n) is 7.24. The highest BCUT2D eigenvalue weighted by molar-refractivity contribution is 5.81. The average Bonchev–Trinajstić information content (AvgIpc) is 2.39. The van der Waals surface area contributed by atoms with Crippen LogP contribution in [-0.4, -0.2) is 43.0 Å². The van der Waals surface area contributed by atoms with Gasteiger partial charge in [0, 0.05) is 6.54 Å². The molecule has 4 nitrogen and oxygen atoms in total. The standard InChI is InChI=1S/C14H29N3O/c1-4-5-8-16-13(18)12(2)17-9-6-14(3,11-15)7-10-17/h12H,4-11,15H2,1-3H3,(H,16,18). The lowest BCUT2D eigenvalue weighted by Crippen LogP contribution is -2.51. The van der Waals surface area contributed by atoms with E-state index in [9.17, 15) is 4.79 Å². The number of rotatable bonds is 6. The van der Waals surface area contributed by atoms with Crippen LogP contribution in [-0.2, 0) is 4.79 Å². The predicted molar refractivity (Wildman–Crippen MR) is 75.3 cm³/mol. The maximum atomic E-state index is 12.0. The Bertz CT molecular complexity index is 260. The topological polar surface area (TPSA) is 58.4 Å². The van der Waals surface area contributed by atoms with E-state index in [2.05, 4.69) is 24.1 Å². The summed E-state index contributed by atoms with van der Waals surface area (Å²) in [5.41, 5.74) is 6.07. The van der Waals surface area contributed by atoms with Crippen LogP contribution in [0.4, 0.5) is 0 Å². The minimum absolute atomic E-state index is 0.0100. The first kappa shape index (κ1) is 15.4. The van der Waals surface area contributed by atoms with Crippen molar-refractivity contribution >= 4 is 5.91 Å². The molecular weight excluding hydrogens is 226 g/mol. The molecule has 0 aliphatic carbocycles. The molecule has 0 spiro atoms. The zero-order valence-corrected chi connectivity index (χ0v) is 12.2. The third-order valence-electron chi connectivity index (χ3n) is 4.25. The number of carbonyl (C=O) groups is 1. The number of carbonyl (C=O) groups excluding carboxylic acids is 1. The maximum Gasteiger partial charge on any atom is 0.237 e. The Morgan fingerprint density at radius 2 is 2.06 bits per heavy atom. The van der Waals surface area contributed by atoms with Crippen LogP contribution in [0.25, 0.3) is 0 Å². The SMILES string of the molecule is CCCCNC(=O)C(C)N1CCC(C)(CN)CC1. The van der Waals surface area contributed by atoms with Crippen LogP contribution < -0.4 is 11.1 Å². The third-order valence-corrected chi connectivity index (χ3v) is 4.25. The number of nitrogens with one attached hydrogen (secondary N) is 1. The molecule has 0 aromatic rings. The number of amides is 1. The summed E-state index contributed by atoms with van der Waals surface area (Å²) in [7, 11) is 0. The Labute approximate surface area is 111 Å². The summed E-state index contributed by atoms with van der Waals surface area (Å²) in [6.07, 6.45) is 4.36. The van der Waals surface area contributed by atoms with Crippen molar-refractivity contribution in [3.8, 4) is 0 Å². The van der Waals surface area contributed by atoms with Gasteiger partial charge in [-0.25, -0.2) is 0 Å². The van der Waals surface area contributed by atoms with E-state index in [0.717, 1.165) is 51.9 Å². The van der Waals surface area contributed by atoms with E-state index in [1.165, 1.54) is 0 Å². The van der Waals surface area contributed by atoms with Crippen molar-refractivity contribution in [1.82, 2.24) is 10.2 Å². The Kier molecular flexibility index (Phi) is 6.09. The fourth-order valence-corrected chi connectivity index (χ4v) is 2.36. The Morgan fingerprint density at radius 1 is 1.44 bits per heavy atom. The quantitative estimate of drug-likeness (QED) is 0.704. The van der Waals surface area contributed by atoms with Crippen LogP contribution in [0, 0.1) is 5.41 Å². The van der Waals surface area contributed by atoms with Crippen molar-refractivity contribution in [3.05, 3.63) is 0 Å². The molecule has 1 amide bonds. The molecule has 106 valence electrons. The van der Waals surface area contributed by atoms with Crippen LogP contribution in [0.2, 0.25) is 0 Å². The number of piperidine rings is 1. The van der Waals surface area contributed by atoms with E-state index < -0.39 is 0 Å². The Balaban J connectivity index is 2.35. The van der Waals surface area contributed by atoms with Crippen molar-refractivity contribution in [2.75, 3.05) is 26.2 Å². The highest BCUT2D eigenvalue weighted by Crippen LogP contribution is 2.30. The number of nitrogens with two attached hydrogens (primary N) is 1. The lowest BCUT2D eigenvalue weighted by atomic mass is 9.80. The highest BCUT2D eigenvalue weighted by atomic mass is 16.2. The summed E-state index contributed by atoms with van der Waals surface area (Å²) in [4.78, 5) is 14.2. The smallest absolute Gasteiger partial charge is 0.237 e. The molecule has 1 fully saturated rings. The van der Waals surface area contributed by atoms with Gasteiger partial charge in [0.1, 0.15) is 0 Å². The largest absolute Gasteiger partial charge is 0.355 e. The van der Waals surface area contributed by atoms with E-state index in [0.29, 0.717) is 0 Å². The summed E-state index contributed by atoms with van der Waals surface area (Å²) in [5.74, 6) is 0.166. The maximum absolute atomic E-state index is 12.0. The van der Waals surface area contributed by atoms with E-state index in [1.54, 1.807) is 0 Å². The molecule has 0 saturated carbocycles. The van der Waals surface area contributed by atoms with Crippen molar-refractivity contribution in [2.24, 2.45) is 11.1 Å². The molecule has 0 aromatic heterocycles. The van der Waals surface area contributed by atoms with E-state index in [1.807, 2.05) is 6.92 Å². The fraction of sp³-hybridized carbons (Fsp3) is 0.929. The fourth-order valence-electron chi connectivity index (χ4n) is 2.36. The number of hydrogen-bond acceptors (Lipinski definition) is 3. The van der Waals surface area contributed by atoms with Gasteiger partial charge in [0.25, 0.3) is 0 Å². The second kappa shape index (κ2) is 7.10. The molecule has 1 rings (SSSR count). The molecule has 1 aliphatic heterocycles. The van der Waals surface area contributed by atoms with E-state index >= 15 is 0 Å². The van der Waals surface area contributed by atoms with Crippen molar-refractivity contribution < 1.29 is 4.79 Å². The lowest BCUT2D eigenvalue weighted by molar-refractivity contribution is -0.126. The van der Waals surface area contributed by atoms with Gasteiger partial charge in [-0.1, -0.05) is 20.3 Å². The van der Waals surface area contributed by atoms with Crippen molar-refractivity contribution in [3.63, 3.8) is 0 Å². The third kappa shape index (κ3) is 4.25. The van der Waals surface area contributed by atoms with E-state index in [-0.39, 0.29) is 17.4 Å². The zero-order valence-electron chi connectivity index (χ0n) is 12.2. The molecule has 1 unspecified atom stereocenters. The summed E-state index contributed by atoms with van der Waals surface area (Å²) in [6, 6.07) is -0.0100. The van der Waals surface area contributed by atoms with Crippen molar-refractivity contribution in [2.45, 2.75) is 52.5 Å². The normalized spacial score (nSPS) is 21.6. The Hall–Kier alpha value is -0.610. The minimum atomic E-state index is -0.0100. The van der Waals surface area contributed by atoms with Crippen LogP contribution in [0.5, 0.6) is 0 Å². The molecule has 0 radical (unpaired) electrons. The van der Waals surface area contributed by atoms with Gasteiger partial charge >= 0.3 is 0 Å². The average molecular weight is 255 g/mol. The second-order valence-corrected chi connectivity index (χ2v) is 5.87. The van der Waals surface area contributed by atoms with Gasteiger partial charge < -0.3 is 11.1 Å². The summed E-state index contributed by atoms with van der Waals surface area (Å²) >= 11 is 0. The molecular formula is C14H29N3O. The molecule has 1 atom stereocenters. The lowest BCUT2D eigenvalue weighted by Gasteiger charge is -2.40. The van der Waals surface area contributed by atoms with Gasteiger partial charge in [-0.3, -0.25) is 9.69 Å². The van der Waals surface area contributed by atoms with Gasteiger partial charge in [-0.15, -0.1) is 0 Å².